The van der Waals surface area contributed by atoms with Crippen LogP contribution in [0.1, 0.15) is 30.9 Å². The topological polar surface area (TPSA) is 105 Å². The maximum atomic E-state index is 14.6. The van der Waals surface area contributed by atoms with Gasteiger partial charge in [0.15, 0.2) is 0 Å². The van der Waals surface area contributed by atoms with Crippen LogP contribution >= 0.6 is 15.9 Å². The van der Waals surface area contributed by atoms with Gasteiger partial charge >= 0.3 is 0 Å². The summed E-state index contributed by atoms with van der Waals surface area (Å²) in [6, 6.07) is 28.6. The Morgan fingerprint density at radius 3 is 2.13 bits per heavy atom. The van der Waals surface area contributed by atoms with Crippen molar-refractivity contribution in [3.63, 3.8) is 0 Å². The number of ether oxygens (including phenoxy) is 2. The summed E-state index contributed by atoms with van der Waals surface area (Å²) in [5.41, 5.74) is 1.83. The van der Waals surface area contributed by atoms with Crippen LogP contribution in [0, 0.1) is 0 Å². The van der Waals surface area contributed by atoms with Crippen LogP contribution in [-0.4, -0.2) is 58.5 Å². The molecular formula is C36H40BrN3O6S. The highest BCUT2D eigenvalue weighted by atomic mass is 79.9. The number of hydrogen-bond donors (Lipinski definition) is 1. The second kappa shape index (κ2) is 17.0. The van der Waals surface area contributed by atoms with Crippen molar-refractivity contribution in [1.82, 2.24) is 10.2 Å². The number of carbonyl (C=O) groups excluding carboxylic acids is 2. The second-order valence-electron chi connectivity index (χ2n) is 10.9. The maximum absolute atomic E-state index is 14.6. The third kappa shape index (κ3) is 9.36. The van der Waals surface area contributed by atoms with E-state index in [4.69, 9.17) is 9.47 Å². The fraction of sp³-hybridized carbons (Fsp3) is 0.278. The van der Waals surface area contributed by atoms with Crippen LogP contribution in [0.4, 0.5) is 5.69 Å². The molecule has 1 unspecified atom stereocenters. The number of carbonyl (C=O) groups is 2. The lowest BCUT2D eigenvalue weighted by Gasteiger charge is -2.34. The van der Waals surface area contributed by atoms with Crippen molar-refractivity contribution in [3.05, 3.63) is 119 Å². The van der Waals surface area contributed by atoms with E-state index in [1.54, 1.807) is 36.4 Å². The summed E-state index contributed by atoms with van der Waals surface area (Å²) in [6.07, 6.45) is 1.91. The molecule has 0 spiro atoms. The molecule has 11 heteroatoms. The molecule has 0 heterocycles. The van der Waals surface area contributed by atoms with Gasteiger partial charge in [0.1, 0.15) is 24.1 Å². The Morgan fingerprint density at radius 1 is 0.830 bits per heavy atom. The van der Waals surface area contributed by atoms with Gasteiger partial charge in [-0.15, -0.1) is 0 Å². The van der Waals surface area contributed by atoms with E-state index in [0.29, 0.717) is 12.3 Å². The number of hydrogen-bond acceptors (Lipinski definition) is 6. The minimum Gasteiger partial charge on any atom is -0.497 e. The van der Waals surface area contributed by atoms with Gasteiger partial charge in [-0.25, -0.2) is 8.42 Å². The highest BCUT2D eigenvalue weighted by Gasteiger charge is 2.35. The molecule has 2 amide bonds. The molecule has 0 radical (unpaired) electrons. The van der Waals surface area contributed by atoms with Gasteiger partial charge in [0.2, 0.25) is 11.8 Å². The molecule has 1 atom stereocenters. The van der Waals surface area contributed by atoms with Crippen LogP contribution in [0.5, 0.6) is 11.5 Å². The van der Waals surface area contributed by atoms with E-state index in [0.717, 1.165) is 32.7 Å². The number of unbranched alkanes of at least 4 members (excludes halogenated alkanes) is 1. The van der Waals surface area contributed by atoms with Crippen LogP contribution in [0.25, 0.3) is 0 Å². The predicted octanol–water partition coefficient (Wildman–Crippen LogP) is 6.22. The molecular weight excluding hydrogens is 682 g/mol. The van der Waals surface area contributed by atoms with Gasteiger partial charge in [-0.2, -0.15) is 0 Å². The largest absolute Gasteiger partial charge is 0.497 e. The first kappa shape index (κ1) is 35.5. The minimum absolute atomic E-state index is 0.0328. The zero-order valence-corrected chi connectivity index (χ0v) is 29.2. The molecule has 4 rings (SSSR count). The number of nitrogens with zero attached hydrogens (tertiary/aromatic N) is 2. The van der Waals surface area contributed by atoms with E-state index in [2.05, 4.69) is 21.2 Å². The van der Waals surface area contributed by atoms with E-state index in [9.17, 15) is 18.0 Å². The number of methoxy groups -OCH3 is 2. The second-order valence-corrected chi connectivity index (χ2v) is 13.6. The fourth-order valence-corrected chi connectivity index (χ4v) is 6.76. The number of halogens is 1. The van der Waals surface area contributed by atoms with Gasteiger partial charge < -0.3 is 19.7 Å². The minimum atomic E-state index is -4.30. The molecule has 0 saturated heterocycles. The van der Waals surface area contributed by atoms with Crippen LogP contribution < -0.4 is 19.1 Å². The number of rotatable bonds is 16. The van der Waals surface area contributed by atoms with Crippen molar-refractivity contribution >= 4 is 43.5 Å². The smallest absolute Gasteiger partial charge is 0.264 e. The van der Waals surface area contributed by atoms with Crippen LogP contribution in [-0.2, 0) is 32.6 Å². The van der Waals surface area contributed by atoms with Gasteiger partial charge in [-0.3, -0.25) is 13.9 Å². The summed E-state index contributed by atoms with van der Waals surface area (Å²) in [5, 5.41) is 3.00. The Bertz CT molecular complexity index is 1720. The Hall–Kier alpha value is -4.35. The van der Waals surface area contributed by atoms with E-state index in [1.165, 1.54) is 31.3 Å². The molecule has 0 aliphatic rings. The van der Waals surface area contributed by atoms with Gasteiger partial charge in [-0.1, -0.05) is 83.9 Å². The Kier molecular flexibility index (Phi) is 12.8. The average molecular weight is 723 g/mol. The SMILES string of the molecule is CCCCNC(=O)C(Cc1ccccc1)N(Cc1ccc(Br)cc1)C(=O)CN(c1ccccc1OC)S(=O)(=O)c1ccc(OC)cc1. The molecule has 4 aromatic rings. The van der Waals surface area contributed by atoms with Crippen molar-refractivity contribution < 1.29 is 27.5 Å². The average Bonchev–Trinajstić information content (AvgIpc) is 3.09. The van der Waals surface area contributed by atoms with Crippen LogP contribution in [0.2, 0.25) is 0 Å². The molecule has 248 valence electrons. The van der Waals surface area contributed by atoms with Crippen molar-refractivity contribution in [3.8, 4) is 11.5 Å². The first-order valence-corrected chi connectivity index (χ1v) is 17.6. The normalized spacial score (nSPS) is 11.7. The Balaban J connectivity index is 1.81. The molecule has 0 aliphatic heterocycles. The van der Waals surface area contributed by atoms with Crippen LogP contribution in [0.15, 0.2) is 112 Å². The summed E-state index contributed by atoms with van der Waals surface area (Å²) in [6.45, 7) is 1.98. The van der Waals surface area contributed by atoms with E-state index >= 15 is 0 Å². The van der Waals surface area contributed by atoms with Crippen molar-refractivity contribution in [2.75, 3.05) is 31.6 Å². The molecule has 1 N–H and O–H groups in total. The molecule has 0 aromatic heterocycles. The summed E-state index contributed by atoms with van der Waals surface area (Å²) in [4.78, 5) is 29.9. The summed E-state index contributed by atoms with van der Waals surface area (Å²) in [5.74, 6) is -0.102. The van der Waals surface area contributed by atoms with Crippen molar-refractivity contribution in [1.29, 1.82) is 0 Å². The third-order valence-corrected chi connectivity index (χ3v) is 9.95. The zero-order valence-electron chi connectivity index (χ0n) is 26.8. The number of anilines is 1. The predicted molar refractivity (Wildman–Crippen MR) is 187 cm³/mol. The zero-order chi connectivity index (χ0) is 33.8. The molecule has 0 aliphatic carbocycles. The maximum Gasteiger partial charge on any atom is 0.264 e. The molecule has 0 bridgehead atoms. The van der Waals surface area contributed by atoms with E-state index in [1.807, 2.05) is 61.5 Å². The van der Waals surface area contributed by atoms with Gasteiger partial charge in [0.25, 0.3) is 10.0 Å². The summed E-state index contributed by atoms with van der Waals surface area (Å²) in [7, 11) is -1.36. The Labute approximate surface area is 285 Å². The summed E-state index contributed by atoms with van der Waals surface area (Å²) < 4.78 is 41.3. The highest BCUT2D eigenvalue weighted by Crippen LogP contribution is 2.33. The van der Waals surface area contributed by atoms with Crippen molar-refractivity contribution in [2.24, 2.45) is 0 Å². The molecule has 0 fully saturated rings. The van der Waals surface area contributed by atoms with Crippen LogP contribution in [0.3, 0.4) is 0 Å². The summed E-state index contributed by atoms with van der Waals surface area (Å²) >= 11 is 3.46. The standard InChI is InChI=1S/C36H40BrN3O6S/c1-4-5-23-38-36(42)33(24-27-11-7-6-8-12-27)39(25-28-15-17-29(37)18-16-28)35(41)26-40(32-13-9-10-14-34(32)46-3)47(43,44)31-21-19-30(45-2)20-22-31/h6-22,33H,4-5,23-26H2,1-3H3,(H,38,42). The first-order chi connectivity index (χ1) is 22.7. The lowest BCUT2D eigenvalue weighted by Crippen LogP contribution is -2.53. The molecule has 47 heavy (non-hydrogen) atoms. The highest BCUT2D eigenvalue weighted by molar-refractivity contribution is 9.10. The monoisotopic (exact) mass is 721 g/mol. The van der Waals surface area contributed by atoms with Crippen molar-refractivity contribution in [2.45, 2.75) is 43.7 Å². The van der Waals surface area contributed by atoms with Gasteiger partial charge in [0.05, 0.1) is 24.8 Å². The quantitative estimate of drug-likeness (QED) is 0.138. The van der Waals surface area contributed by atoms with Gasteiger partial charge in [0, 0.05) is 24.0 Å². The lowest BCUT2D eigenvalue weighted by atomic mass is 10.0. The number of amides is 2. The molecule has 9 nitrogen and oxygen atoms in total. The third-order valence-electron chi connectivity index (χ3n) is 7.65. The Morgan fingerprint density at radius 2 is 1.49 bits per heavy atom. The number of para-hydroxylation sites is 2. The number of nitrogens with one attached hydrogen (secondary N) is 1. The fourth-order valence-electron chi connectivity index (χ4n) is 5.07. The number of benzene rings is 4. The molecule has 4 aromatic carbocycles. The van der Waals surface area contributed by atoms with Gasteiger partial charge in [-0.05, 0) is 66.1 Å². The van der Waals surface area contributed by atoms with E-state index in [-0.39, 0.29) is 35.2 Å². The number of sulfonamides is 1. The van der Waals surface area contributed by atoms with E-state index < -0.39 is 28.5 Å². The molecule has 0 saturated carbocycles. The first-order valence-electron chi connectivity index (χ1n) is 15.3. The lowest BCUT2D eigenvalue weighted by molar-refractivity contribution is -0.140.